The molecule has 0 radical (unpaired) electrons. The number of aliphatic imine (C=N–C) groups is 2. The van der Waals surface area contributed by atoms with Gasteiger partial charge in [0.25, 0.3) is 0 Å². The third-order valence-corrected chi connectivity index (χ3v) is 3.48. The first kappa shape index (κ1) is 12.9. The van der Waals surface area contributed by atoms with Gasteiger partial charge in [0.1, 0.15) is 0 Å². The minimum atomic E-state index is 0.376. The van der Waals surface area contributed by atoms with Gasteiger partial charge in [-0.2, -0.15) is 0 Å². The molecule has 0 saturated heterocycles. The van der Waals surface area contributed by atoms with Crippen molar-refractivity contribution in [3.63, 3.8) is 0 Å². The molecule has 2 nitrogen and oxygen atoms in total. The topological polar surface area (TPSA) is 24.7 Å². The maximum absolute atomic E-state index is 4.51. The van der Waals surface area contributed by atoms with Crippen LogP contribution in [0.2, 0.25) is 0 Å². The van der Waals surface area contributed by atoms with Crippen molar-refractivity contribution in [2.45, 2.75) is 34.6 Å². The van der Waals surface area contributed by atoms with Crippen LogP contribution in [0, 0.1) is 11.8 Å². The summed E-state index contributed by atoms with van der Waals surface area (Å²) < 4.78 is 1.21. The summed E-state index contributed by atoms with van der Waals surface area (Å²) in [5, 5.41) is 0. The summed E-state index contributed by atoms with van der Waals surface area (Å²) in [4.78, 5) is 8.64. The third kappa shape index (κ3) is 5.25. The van der Waals surface area contributed by atoms with Gasteiger partial charge in [-0.05, 0) is 0 Å². The van der Waals surface area contributed by atoms with Gasteiger partial charge in [-0.25, -0.2) is 0 Å². The molecule has 0 aromatic heterocycles. The molecule has 0 aliphatic rings. The second-order valence-electron chi connectivity index (χ2n) is 3.45. The summed E-state index contributed by atoms with van der Waals surface area (Å²) in [6.45, 7) is 10.3. The van der Waals surface area contributed by atoms with Crippen LogP contribution in [-0.4, -0.2) is 16.1 Å². The predicted octanol–water partition coefficient (Wildman–Crippen LogP) is 2.34. The van der Waals surface area contributed by atoms with E-state index in [4.69, 9.17) is 0 Å². The molecule has 0 unspecified atom stereocenters. The van der Waals surface area contributed by atoms with Crippen molar-refractivity contribution < 1.29 is 19.4 Å². The Morgan fingerprint density at radius 1 is 1.15 bits per heavy atom. The van der Waals surface area contributed by atoms with Crippen molar-refractivity contribution in [3.8, 4) is 0 Å². The molecule has 0 N–H and O–H groups in total. The van der Waals surface area contributed by atoms with Crippen molar-refractivity contribution in [1.82, 2.24) is 0 Å². The molecule has 0 bridgehead atoms. The first-order valence-electron chi connectivity index (χ1n) is 4.49. The number of nitrogens with zero attached hydrogens (tertiary/aromatic N) is 2. The maximum atomic E-state index is 4.51. The average molecular weight is 349 g/mol. The van der Waals surface area contributed by atoms with Crippen LogP contribution in [0.25, 0.3) is 0 Å². The van der Waals surface area contributed by atoms with Gasteiger partial charge in [-0.15, -0.1) is 0 Å². The van der Waals surface area contributed by atoms with E-state index in [1.54, 1.807) is 6.92 Å². The van der Waals surface area contributed by atoms with Crippen molar-refractivity contribution >= 4 is 16.1 Å². The van der Waals surface area contributed by atoms with Gasteiger partial charge in [-0.3, -0.25) is 0 Å². The second kappa shape index (κ2) is 6.37. The van der Waals surface area contributed by atoms with E-state index in [0.29, 0.717) is 11.8 Å². The van der Waals surface area contributed by atoms with Gasteiger partial charge in [0, 0.05) is 0 Å². The van der Waals surface area contributed by atoms with E-state index in [9.17, 15) is 0 Å². The molecule has 0 rings (SSSR count). The van der Waals surface area contributed by atoms with Gasteiger partial charge in [-0.1, -0.05) is 0 Å². The van der Waals surface area contributed by atoms with Crippen LogP contribution in [0.3, 0.4) is 0 Å². The van der Waals surface area contributed by atoms with Crippen LogP contribution >= 0.6 is 0 Å². The second-order valence-corrected chi connectivity index (χ2v) is 4.96. The molecular weight excluding hydrogens is 332 g/mol. The molecular formula is C10H17N2W-. The van der Waals surface area contributed by atoms with E-state index in [1.165, 1.54) is 23.4 Å². The molecule has 0 heterocycles. The van der Waals surface area contributed by atoms with Crippen LogP contribution in [0.5, 0.6) is 0 Å². The van der Waals surface area contributed by atoms with E-state index >= 15 is 0 Å². The fourth-order valence-electron chi connectivity index (χ4n) is 0.640. The molecule has 0 spiro atoms. The first-order chi connectivity index (χ1) is 5.99. The molecule has 0 aromatic rings. The third-order valence-electron chi connectivity index (χ3n) is 1.46. The summed E-state index contributed by atoms with van der Waals surface area (Å²) in [5.41, 5.74) is 0. The summed E-state index contributed by atoms with van der Waals surface area (Å²) in [6, 6.07) is 0. The van der Waals surface area contributed by atoms with Crippen molar-refractivity contribution in [1.29, 1.82) is 0 Å². The molecule has 13 heavy (non-hydrogen) atoms. The fraction of sp³-hybridized carbons (Fsp3) is 0.700. The minimum absolute atomic E-state index is 0.376. The average Bonchev–Trinajstić information content (AvgIpc) is 2.03. The van der Waals surface area contributed by atoms with Crippen LogP contribution in [-0.2, 0) is 19.4 Å². The van der Waals surface area contributed by atoms with Crippen LogP contribution in [0.15, 0.2) is 9.98 Å². The molecule has 0 amide bonds. The van der Waals surface area contributed by atoms with E-state index < -0.39 is 0 Å². The molecule has 0 aliphatic carbocycles. The zero-order valence-electron chi connectivity index (χ0n) is 8.96. The summed E-state index contributed by atoms with van der Waals surface area (Å²) in [7, 11) is 0. The van der Waals surface area contributed by atoms with Crippen LogP contribution in [0.1, 0.15) is 34.6 Å². The zero-order chi connectivity index (χ0) is 10.4. The molecule has 3 heteroatoms. The van der Waals surface area contributed by atoms with Crippen molar-refractivity contribution in [2.24, 2.45) is 21.8 Å². The van der Waals surface area contributed by atoms with Gasteiger partial charge < -0.3 is 0 Å². The SMILES string of the molecule is C[C-]=NC(=N[C](=[W])C(C)C)C(C)C. The summed E-state index contributed by atoms with van der Waals surface area (Å²) in [6.07, 6.45) is 2.78. The molecule has 0 fully saturated rings. The molecule has 0 aliphatic heterocycles. The number of hydrogen-bond donors (Lipinski definition) is 0. The number of amidine groups is 1. The Hall–Kier alpha value is -0.102. The Labute approximate surface area is 92.0 Å². The van der Waals surface area contributed by atoms with Crippen LogP contribution < -0.4 is 0 Å². The molecule has 0 aromatic carbocycles. The number of hydrogen-bond acceptors (Lipinski definition) is 1. The predicted molar refractivity (Wildman–Crippen MR) is 55.2 cm³/mol. The molecule has 0 atom stereocenters. The Bertz CT molecular complexity index is 227. The van der Waals surface area contributed by atoms with Gasteiger partial charge >= 0.3 is 91.9 Å². The Balaban J connectivity index is 4.63. The van der Waals surface area contributed by atoms with E-state index in [-0.39, 0.29) is 0 Å². The van der Waals surface area contributed by atoms with Gasteiger partial charge in [0.2, 0.25) is 0 Å². The Kier molecular flexibility index (Phi) is 6.32. The summed E-state index contributed by atoms with van der Waals surface area (Å²) >= 11 is 1.43. The number of rotatable bonds is 3. The fourth-order valence-corrected chi connectivity index (χ4v) is 0.976. The van der Waals surface area contributed by atoms with E-state index in [1.807, 2.05) is 0 Å². The van der Waals surface area contributed by atoms with E-state index in [0.717, 1.165) is 5.84 Å². The Morgan fingerprint density at radius 3 is 2.00 bits per heavy atom. The summed E-state index contributed by atoms with van der Waals surface area (Å²) in [5.74, 6) is 1.79. The van der Waals surface area contributed by atoms with Gasteiger partial charge in [0.15, 0.2) is 0 Å². The zero-order valence-corrected chi connectivity index (χ0v) is 11.9. The van der Waals surface area contributed by atoms with Crippen LogP contribution in [0.4, 0.5) is 0 Å². The van der Waals surface area contributed by atoms with Crippen molar-refractivity contribution in [3.05, 3.63) is 0 Å². The monoisotopic (exact) mass is 349 g/mol. The van der Waals surface area contributed by atoms with Crippen molar-refractivity contribution in [2.75, 3.05) is 0 Å². The quantitative estimate of drug-likeness (QED) is 0.425. The van der Waals surface area contributed by atoms with Gasteiger partial charge in [0.05, 0.1) is 0 Å². The Morgan fingerprint density at radius 2 is 1.69 bits per heavy atom. The molecule has 0 saturated carbocycles. The molecule has 74 valence electrons. The normalized spacial score (nSPS) is 13.3. The standard InChI is InChI=1S/C10H17N2.W/c1-6-11-10(9(4)5)12-7-8(2)3;/h8-9H,1-5H3;/q-1;. The van der Waals surface area contributed by atoms with E-state index in [2.05, 4.69) is 43.9 Å². The first-order valence-corrected chi connectivity index (χ1v) is 5.95.